The lowest BCUT2D eigenvalue weighted by atomic mass is 10.0. The highest BCUT2D eigenvalue weighted by Crippen LogP contribution is 2.26. The predicted molar refractivity (Wildman–Crippen MR) is 128 cm³/mol. The fourth-order valence-corrected chi connectivity index (χ4v) is 4.52. The van der Waals surface area contributed by atoms with Crippen LogP contribution < -0.4 is 5.56 Å². The molecule has 0 saturated heterocycles. The van der Waals surface area contributed by atoms with Gasteiger partial charge in [-0.2, -0.15) is 5.10 Å². The van der Waals surface area contributed by atoms with E-state index in [1.165, 1.54) is 0 Å². The van der Waals surface area contributed by atoms with E-state index in [4.69, 9.17) is 5.10 Å². The van der Waals surface area contributed by atoms with Crippen LogP contribution in [-0.4, -0.2) is 29.5 Å². The average molecular weight is 440 g/mol. The van der Waals surface area contributed by atoms with Crippen molar-refractivity contribution in [2.75, 3.05) is 0 Å². The normalized spacial score (nSPS) is 11.5. The Morgan fingerprint density at radius 3 is 2.67 bits per heavy atom. The smallest absolute Gasteiger partial charge is 0.250 e. The van der Waals surface area contributed by atoms with Crippen LogP contribution in [0, 0.1) is 0 Å². The summed E-state index contributed by atoms with van der Waals surface area (Å²) in [6.45, 7) is 5.13. The van der Waals surface area contributed by atoms with Gasteiger partial charge in [0.1, 0.15) is 11.3 Å². The summed E-state index contributed by atoms with van der Waals surface area (Å²) < 4.78 is 5.53. The van der Waals surface area contributed by atoms with Crippen LogP contribution in [0.1, 0.15) is 41.3 Å². The van der Waals surface area contributed by atoms with Gasteiger partial charge in [-0.1, -0.05) is 31.2 Å². The van der Waals surface area contributed by atoms with E-state index >= 15 is 0 Å². The molecule has 166 valence electrons. The Balaban J connectivity index is 1.55. The SMILES string of the molecule is CCc1nn(Cc2cccc(=O)n2CC)c2cccc(CC(=O)c3cnc4ccccn34)c12. The van der Waals surface area contributed by atoms with E-state index in [2.05, 4.69) is 11.9 Å². The maximum Gasteiger partial charge on any atom is 0.250 e. The van der Waals surface area contributed by atoms with Crippen LogP contribution in [0.3, 0.4) is 0 Å². The van der Waals surface area contributed by atoms with Crippen LogP contribution in [0.4, 0.5) is 0 Å². The van der Waals surface area contributed by atoms with E-state index in [9.17, 15) is 9.59 Å². The van der Waals surface area contributed by atoms with Crippen molar-refractivity contribution in [2.24, 2.45) is 0 Å². The Kier molecular flexibility index (Phi) is 5.38. The zero-order valence-electron chi connectivity index (χ0n) is 18.7. The first-order chi connectivity index (χ1) is 16.1. The number of aryl methyl sites for hydroxylation is 1. The van der Waals surface area contributed by atoms with Crippen molar-refractivity contribution < 1.29 is 4.79 Å². The van der Waals surface area contributed by atoms with Gasteiger partial charge in [-0.25, -0.2) is 4.98 Å². The second-order valence-electron chi connectivity index (χ2n) is 8.04. The molecule has 0 unspecified atom stereocenters. The van der Waals surface area contributed by atoms with Crippen LogP contribution in [-0.2, 0) is 25.9 Å². The molecule has 0 amide bonds. The Morgan fingerprint density at radius 2 is 1.85 bits per heavy atom. The molecule has 33 heavy (non-hydrogen) atoms. The van der Waals surface area contributed by atoms with Gasteiger partial charge < -0.3 is 4.57 Å². The second-order valence-corrected chi connectivity index (χ2v) is 8.04. The van der Waals surface area contributed by atoms with E-state index in [0.717, 1.165) is 39.9 Å². The first kappa shape index (κ1) is 20.9. The molecule has 7 nitrogen and oxygen atoms in total. The van der Waals surface area contributed by atoms with Crippen LogP contribution >= 0.6 is 0 Å². The minimum absolute atomic E-state index is 0.0125. The number of pyridine rings is 2. The Morgan fingerprint density at radius 1 is 1.00 bits per heavy atom. The van der Waals surface area contributed by atoms with Crippen molar-refractivity contribution in [1.82, 2.24) is 23.7 Å². The second kappa shape index (κ2) is 8.50. The number of nitrogens with zero attached hydrogens (tertiary/aromatic N) is 5. The zero-order chi connectivity index (χ0) is 22.9. The molecule has 7 heteroatoms. The van der Waals surface area contributed by atoms with Crippen molar-refractivity contribution in [2.45, 2.75) is 39.8 Å². The van der Waals surface area contributed by atoms with Gasteiger partial charge >= 0.3 is 0 Å². The maximum atomic E-state index is 13.2. The third-order valence-electron chi connectivity index (χ3n) is 6.09. The number of hydrogen-bond donors (Lipinski definition) is 0. The Labute approximate surface area is 190 Å². The number of ketones is 1. The van der Waals surface area contributed by atoms with Gasteiger partial charge in [0, 0.05) is 36.3 Å². The summed E-state index contributed by atoms with van der Waals surface area (Å²) in [5, 5.41) is 5.88. The van der Waals surface area contributed by atoms with E-state index in [1.807, 2.05) is 64.7 Å². The maximum absolute atomic E-state index is 13.2. The molecule has 0 saturated carbocycles. The van der Waals surface area contributed by atoms with Crippen LogP contribution in [0.5, 0.6) is 0 Å². The highest BCUT2D eigenvalue weighted by Gasteiger charge is 2.18. The topological polar surface area (TPSA) is 74.2 Å². The fraction of sp³-hybridized carbons (Fsp3) is 0.231. The molecule has 5 aromatic rings. The minimum Gasteiger partial charge on any atom is -0.311 e. The molecule has 0 aliphatic carbocycles. The number of fused-ring (bicyclic) bond motifs is 2. The van der Waals surface area contributed by atoms with Gasteiger partial charge in [-0.3, -0.25) is 18.7 Å². The molecule has 4 aromatic heterocycles. The fourth-order valence-electron chi connectivity index (χ4n) is 4.52. The van der Waals surface area contributed by atoms with Gasteiger partial charge in [-0.05, 0) is 43.2 Å². The molecule has 0 N–H and O–H groups in total. The van der Waals surface area contributed by atoms with Crippen molar-refractivity contribution >= 4 is 22.3 Å². The number of aromatic nitrogens is 5. The Bertz CT molecular complexity index is 1540. The van der Waals surface area contributed by atoms with E-state index in [1.54, 1.807) is 22.9 Å². The van der Waals surface area contributed by atoms with Crippen molar-refractivity contribution in [3.8, 4) is 0 Å². The third-order valence-corrected chi connectivity index (χ3v) is 6.09. The highest BCUT2D eigenvalue weighted by molar-refractivity contribution is 5.99. The first-order valence-corrected chi connectivity index (χ1v) is 11.2. The number of rotatable bonds is 7. The molecule has 0 aliphatic heterocycles. The number of hydrogen-bond acceptors (Lipinski definition) is 4. The molecule has 1 aromatic carbocycles. The van der Waals surface area contributed by atoms with Gasteiger partial charge in [0.05, 0.1) is 24.0 Å². The lowest BCUT2D eigenvalue weighted by Crippen LogP contribution is -2.23. The third kappa shape index (κ3) is 3.65. The van der Waals surface area contributed by atoms with Crippen molar-refractivity contribution in [3.05, 3.63) is 100.0 Å². The largest absolute Gasteiger partial charge is 0.311 e. The van der Waals surface area contributed by atoms with E-state index in [-0.39, 0.29) is 17.8 Å². The van der Waals surface area contributed by atoms with Gasteiger partial charge in [-0.15, -0.1) is 0 Å². The lowest BCUT2D eigenvalue weighted by Gasteiger charge is -2.11. The van der Waals surface area contributed by atoms with Crippen LogP contribution in [0.15, 0.2) is 71.8 Å². The van der Waals surface area contributed by atoms with Crippen LogP contribution in [0.25, 0.3) is 16.6 Å². The average Bonchev–Trinajstić information content (AvgIpc) is 3.41. The number of benzene rings is 1. The molecule has 0 fully saturated rings. The molecule has 0 spiro atoms. The molecule has 5 rings (SSSR count). The van der Waals surface area contributed by atoms with Crippen LogP contribution in [0.2, 0.25) is 0 Å². The summed E-state index contributed by atoms with van der Waals surface area (Å²) >= 11 is 0. The summed E-state index contributed by atoms with van der Waals surface area (Å²) in [7, 11) is 0. The molecule has 0 atom stereocenters. The van der Waals surface area contributed by atoms with Gasteiger partial charge in [0.25, 0.3) is 5.56 Å². The van der Waals surface area contributed by atoms with E-state index in [0.29, 0.717) is 18.8 Å². The summed E-state index contributed by atoms with van der Waals surface area (Å²) in [6, 6.07) is 17.0. The number of Topliss-reactive ketones (excluding diaryl/α,β-unsaturated/α-hetero) is 1. The first-order valence-electron chi connectivity index (χ1n) is 11.2. The number of imidazole rings is 1. The molecule has 0 radical (unpaired) electrons. The van der Waals surface area contributed by atoms with Crippen molar-refractivity contribution in [3.63, 3.8) is 0 Å². The summed E-state index contributed by atoms with van der Waals surface area (Å²) in [4.78, 5) is 29.8. The number of carbonyl (C=O) groups is 1. The lowest BCUT2D eigenvalue weighted by molar-refractivity contribution is 0.0987. The molecule has 0 bridgehead atoms. The standard InChI is InChI=1S/C26H25N5O2/c1-3-20-26-18(15-23(32)22-16-27-24-12-5-6-14-30(22)24)9-7-11-21(26)31(28-20)17-19-10-8-13-25(33)29(19)4-2/h5-14,16H,3-4,15,17H2,1-2H3. The minimum atomic E-state index is -0.0125. The van der Waals surface area contributed by atoms with E-state index < -0.39 is 0 Å². The Hall–Kier alpha value is -4.00. The summed E-state index contributed by atoms with van der Waals surface area (Å²) in [6.07, 6.45) is 4.52. The van der Waals surface area contributed by atoms with Gasteiger partial charge in [0.15, 0.2) is 5.78 Å². The predicted octanol–water partition coefficient (Wildman–Crippen LogP) is 3.90. The molecular weight excluding hydrogens is 414 g/mol. The molecule has 4 heterocycles. The molecular formula is C26H25N5O2. The quantitative estimate of drug-likeness (QED) is 0.361. The summed E-state index contributed by atoms with van der Waals surface area (Å²) in [5.74, 6) is 0.0129. The van der Waals surface area contributed by atoms with Gasteiger partial charge in [0.2, 0.25) is 0 Å². The molecule has 0 aliphatic rings. The van der Waals surface area contributed by atoms with Crippen molar-refractivity contribution in [1.29, 1.82) is 0 Å². The number of carbonyl (C=O) groups excluding carboxylic acids is 1. The summed E-state index contributed by atoms with van der Waals surface area (Å²) in [5.41, 5.74) is 5.09. The highest BCUT2D eigenvalue weighted by atomic mass is 16.1. The zero-order valence-corrected chi connectivity index (χ0v) is 18.7. The monoisotopic (exact) mass is 439 g/mol.